The smallest absolute Gasteiger partial charge is 0.344 e. The van der Waals surface area contributed by atoms with Gasteiger partial charge in [-0.3, -0.25) is 4.18 Å². The molecular weight excluding hydrogens is 316 g/mol. The molecule has 0 fully saturated rings. The minimum absolute atomic E-state index is 0.270. The maximum Gasteiger partial charge on any atom is 0.344 e. The zero-order valence-electron chi connectivity index (χ0n) is 12.7. The first-order valence-electron chi connectivity index (χ1n) is 6.71. The van der Waals surface area contributed by atoms with E-state index in [9.17, 15) is 18.3 Å². The lowest BCUT2D eigenvalue weighted by molar-refractivity contribution is -0.137. The third-order valence-corrected chi connectivity index (χ3v) is 5.11. The first-order chi connectivity index (χ1) is 9.57. The summed E-state index contributed by atoms with van der Waals surface area (Å²) in [5.74, 6) is -0.0513. The second-order valence-corrected chi connectivity index (χ2v) is 7.83. The normalized spacial score (nSPS) is 24.2. The largest absolute Gasteiger partial charge is 0.462 e. The van der Waals surface area contributed by atoms with Gasteiger partial charge in [0.1, 0.15) is 0 Å². The van der Waals surface area contributed by atoms with E-state index in [1.807, 2.05) is 0 Å². The van der Waals surface area contributed by atoms with Gasteiger partial charge in [-0.1, -0.05) is 0 Å². The number of carbonyl (C=O) groups is 1. The Morgan fingerprint density at radius 3 is 2.67 bits per heavy atom. The Kier molecular flexibility index (Phi) is 6.27. The zero-order chi connectivity index (χ0) is 16.3. The molecule has 21 heavy (non-hydrogen) atoms. The van der Waals surface area contributed by atoms with Crippen LogP contribution in [0.15, 0.2) is 10.5 Å². The van der Waals surface area contributed by atoms with Crippen molar-refractivity contribution in [3.8, 4) is 0 Å². The maximum atomic E-state index is 11.9. The van der Waals surface area contributed by atoms with Gasteiger partial charge >= 0.3 is 5.97 Å². The number of carbonyl (C=O) groups excluding carboxylic acids is 1. The van der Waals surface area contributed by atoms with Gasteiger partial charge in [-0.25, -0.2) is 4.79 Å². The number of hydrogen-bond donors (Lipinski definition) is 1. The molecule has 0 saturated heterocycles. The summed E-state index contributed by atoms with van der Waals surface area (Å²) in [5, 5.41) is 10.3. The quantitative estimate of drug-likeness (QED) is 0.555. The number of rotatable bonds is 7. The lowest BCUT2D eigenvalue weighted by atomic mass is 9.92. The molecule has 0 radical (unpaired) electrons. The van der Waals surface area contributed by atoms with Crippen LogP contribution in [0.4, 0.5) is 0 Å². The fourth-order valence-electron chi connectivity index (χ4n) is 2.09. The van der Waals surface area contributed by atoms with Gasteiger partial charge in [0, 0.05) is 5.75 Å². The van der Waals surface area contributed by atoms with Crippen molar-refractivity contribution in [3.63, 3.8) is 0 Å². The second kappa shape index (κ2) is 7.13. The van der Waals surface area contributed by atoms with E-state index in [1.54, 1.807) is 20.8 Å². The van der Waals surface area contributed by atoms with Gasteiger partial charge in [-0.05, 0) is 39.2 Å². The molecular formula is C13H22O6S2. The predicted molar refractivity (Wildman–Crippen MR) is 81.4 cm³/mol. The van der Waals surface area contributed by atoms with E-state index in [0.717, 1.165) is 6.26 Å². The lowest BCUT2D eigenvalue weighted by Gasteiger charge is -2.21. The van der Waals surface area contributed by atoms with E-state index in [1.165, 1.54) is 11.8 Å². The minimum Gasteiger partial charge on any atom is -0.462 e. The summed E-state index contributed by atoms with van der Waals surface area (Å²) in [6.07, 6.45) is 1.25. The van der Waals surface area contributed by atoms with Gasteiger partial charge in [0.15, 0.2) is 0 Å². The van der Waals surface area contributed by atoms with Gasteiger partial charge in [0.05, 0.1) is 29.5 Å². The van der Waals surface area contributed by atoms with Gasteiger partial charge in [0.25, 0.3) is 10.1 Å². The first kappa shape index (κ1) is 18.5. The van der Waals surface area contributed by atoms with Crippen molar-refractivity contribution >= 4 is 27.8 Å². The SMILES string of the molecule is CCOC(=O)C1=C(CC[C@H](C)OS(C)(=O)=O)C(C)(O)CS1. The molecule has 8 heteroatoms. The van der Waals surface area contributed by atoms with Crippen molar-refractivity contribution in [2.45, 2.75) is 45.3 Å². The third-order valence-electron chi connectivity index (χ3n) is 3.02. The Hall–Kier alpha value is -0.570. The summed E-state index contributed by atoms with van der Waals surface area (Å²) >= 11 is 1.27. The molecule has 1 unspecified atom stereocenters. The van der Waals surface area contributed by atoms with Gasteiger partial charge in [-0.15, -0.1) is 11.8 Å². The molecule has 0 aromatic heterocycles. The molecule has 1 aliphatic heterocycles. The minimum atomic E-state index is -3.51. The molecule has 0 aliphatic carbocycles. The predicted octanol–water partition coefficient (Wildman–Crippen LogP) is 1.45. The molecule has 1 rings (SSSR count). The van der Waals surface area contributed by atoms with Gasteiger partial charge in [-0.2, -0.15) is 8.42 Å². The van der Waals surface area contributed by atoms with Crippen molar-refractivity contribution in [1.29, 1.82) is 0 Å². The number of aliphatic hydroxyl groups is 1. The van der Waals surface area contributed by atoms with E-state index in [-0.39, 0.29) is 6.61 Å². The molecule has 122 valence electrons. The molecule has 0 amide bonds. The standard InChI is InChI=1S/C13H22O6S2/c1-5-18-12(14)11-10(13(3,15)8-20-11)7-6-9(2)19-21(4,16)17/h9,15H,5-8H2,1-4H3/t9-,13?/m0/s1. The first-order valence-corrected chi connectivity index (χ1v) is 9.51. The van der Waals surface area contributed by atoms with Crippen molar-refractivity contribution in [2.75, 3.05) is 18.6 Å². The molecule has 0 aromatic rings. The molecule has 1 aliphatic rings. The Morgan fingerprint density at radius 1 is 1.52 bits per heavy atom. The van der Waals surface area contributed by atoms with E-state index < -0.39 is 27.8 Å². The van der Waals surface area contributed by atoms with Gasteiger partial charge in [0.2, 0.25) is 0 Å². The molecule has 1 heterocycles. The molecule has 1 N–H and O–H groups in total. The van der Waals surface area contributed by atoms with Crippen LogP contribution in [0.25, 0.3) is 0 Å². The fourth-order valence-corrected chi connectivity index (χ4v) is 4.05. The lowest BCUT2D eigenvalue weighted by Crippen LogP contribution is -2.28. The van der Waals surface area contributed by atoms with Crippen LogP contribution in [0.5, 0.6) is 0 Å². The average molecular weight is 338 g/mol. The van der Waals surface area contributed by atoms with Crippen LogP contribution in [0, 0.1) is 0 Å². The van der Waals surface area contributed by atoms with Crippen LogP contribution in [0.3, 0.4) is 0 Å². The van der Waals surface area contributed by atoms with E-state index in [2.05, 4.69) is 0 Å². The van der Waals surface area contributed by atoms with E-state index >= 15 is 0 Å². The molecule has 0 aromatic carbocycles. The number of ether oxygens (including phenoxy) is 1. The Labute approximate surface area is 130 Å². The average Bonchev–Trinajstić information content (AvgIpc) is 2.60. The zero-order valence-corrected chi connectivity index (χ0v) is 14.3. The van der Waals surface area contributed by atoms with Crippen molar-refractivity contribution in [3.05, 3.63) is 10.5 Å². The monoisotopic (exact) mass is 338 g/mol. The Bertz CT molecular complexity index is 521. The highest BCUT2D eigenvalue weighted by Gasteiger charge is 2.38. The van der Waals surface area contributed by atoms with Crippen LogP contribution in [-0.4, -0.2) is 49.8 Å². The summed E-state index contributed by atoms with van der Waals surface area (Å²) < 4.78 is 32.0. The second-order valence-electron chi connectivity index (χ2n) is 5.24. The van der Waals surface area contributed by atoms with Crippen molar-refractivity contribution in [2.24, 2.45) is 0 Å². The van der Waals surface area contributed by atoms with Crippen LogP contribution in [0.1, 0.15) is 33.6 Å². The van der Waals surface area contributed by atoms with Crippen molar-refractivity contribution in [1.82, 2.24) is 0 Å². The Morgan fingerprint density at radius 2 is 2.14 bits per heavy atom. The highest BCUT2D eigenvalue weighted by atomic mass is 32.2. The molecule has 6 nitrogen and oxygen atoms in total. The summed E-state index contributed by atoms with van der Waals surface area (Å²) in [6, 6.07) is 0. The van der Waals surface area contributed by atoms with Crippen LogP contribution < -0.4 is 0 Å². The maximum absolute atomic E-state index is 11.9. The number of thioether (sulfide) groups is 1. The van der Waals surface area contributed by atoms with E-state index in [4.69, 9.17) is 8.92 Å². The highest BCUT2D eigenvalue weighted by Crippen LogP contribution is 2.41. The summed E-state index contributed by atoms with van der Waals surface area (Å²) in [6.45, 7) is 5.27. The third kappa shape index (κ3) is 5.61. The van der Waals surface area contributed by atoms with Crippen LogP contribution >= 0.6 is 11.8 Å². The highest BCUT2D eigenvalue weighted by molar-refractivity contribution is 8.04. The molecule has 2 atom stereocenters. The Balaban J connectivity index is 2.80. The fraction of sp³-hybridized carbons (Fsp3) is 0.769. The molecule has 0 spiro atoms. The summed E-state index contributed by atoms with van der Waals surface area (Å²) in [5.41, 5.74) is -0.493. The topological polar surface area (TPSA) is 89.9 Å². The van der Waals surface area contributed by atoms with Crippen LogP contribution in [-0.2, 0) is 23.8 Å². The van der Waals surface area contributed by atoms with Crippen LogP contribution in [0.2, 0.25) is 0 Å². The van der Waals surface area contributed by atoms with Gasteiger partial charge < -0.3 is 9.84 Å². The van der Waals surface area contributed by atoms with E-state index in [0.29, 0.717) is 29.1 Å². The molecule has 0 saturated carbocycles. The number of esters is 1. The molecule has 0 bridgehead atoms. The summed E-state index contributed by atoms with van der Waals surface area (Å²) in [4.78, 5) is 12.3. The number of hydrogen-bond acceptors (Lipinski definition) is 7. The summed E-state index contributed by atoms with van der Waals surface area (Å²) in [7, 11) is -3.51. The van der Waals surface area contributed by atoms with Crippen molar-refractivity contribution < 1.29 is 27.2 Å².